The molecule has 2 rings (SSSR count). The van der Waals surface area contributed by atoms with E-state index in [4.69, 9.17) is 11.6 Å². The first-order valence-corrected chi connectivity index (χ1v) is 6.35. The summed E-state index contributed by atoms with van der Waals surface area (Å²) in [5.74, 6) is 1.32. The number of hydrogen-bond acceptors (Lipinski definition) is 3. The van der Waals surface area contributed by atoms with E-state index in [0.29, 0.717) is 5.88 Å². The Balaban J connectivity index is 2.19. The van der Waals surface area contributed by atoms with Crippen LogP contribution in [0.4, 0.5) is 5.82 Å². The van der Waals surface area contributed by atoms with Crippen LogP contribution in [0.1, 0.15) is 16.7 Å². The molecule has 0 spiro atoms. The molecule has 0 aliphatic carbocycles. The molecule has 0 fully saturated rings. The van der Waals surface area contributed by atoms with Crippen LogP contribution in [-0.2, 0) is 12.4 Å². The molecule has 0 saturated carbocycles. The van der Waals surface area contributed by atoms with Gasteiger partial charge in [0.1, 0.15) is 12.1 Å². The first kappa shape index (κ1) is 12.8. The van der Waals surface area contributed by atoms with E-state index in [1.54, 1.807) is 12.5 Å². The van der Waals surface area contributed by atoms with Crippen LogP contribution in [0.3, 0.4) is 0 Å². The van der Waals surface area contributed by atoms with Crippen LogP contribution in [0.15, 0.2) is 36.8 Å². The number of hydrogen-bond donors (Lipinski definition) is 0. The third-order valence-corrected chi connectivity index (χ3v) is 3.06. The lowest BCUT2D eigenvalue weighted by Gasteiger charge is -2.20. The molecular formula is C14H16ClN3. The lowest BCUT2D eigenvalue weighted by molar-refractivity contribution is 0.879. The van der Waals surface area contributed by atoms with Gasteiger partial charge >= 0.3 is 0 Å². The van der Waals surface area contributed by atoms with Crippen LogP contribution in [0.25, 0.3) is 0 Å². The van der Waals surface area contributed by atoms with Crippen molar-refractivity contribution in [3.63, 3.8) is 0 Å². The summed E-state index contributed by atoms with van der Waals surface area (Å²) in [7, 11) is 2.01. The van der Waals surface area contributed by atoms with Crippen molar-refractivity contribution in [2.75, 3.05) is 11.9 Å². The molecule has 0 aliphatic rings. The molecule has 1 aromatic carbocycles. The Bertz CT molecular complexity index is 528. The molecule has 0 unspecified atom stereocenters. The average molecular weight is 262 g/mol. The van der Waals surface area contributed by atoms with Crippen LogP contribution in [-0.4, -0.2) is 17.0 Å². The summed E-state index contributed by atoms with van der Waals surface area (Å²) in [4.78, 5) is 10.4. The number of nitrogens with zero attached hydrogens (tertiary/aromatic N) is 3. The average Bonchev–Trinajstić information content (AvgIpc) is 2.38. The monoisotopic (exact) mass is 261 g/mol. The maximum Gasteiger partial charge on any atom is 0.136 e. The molecule has 0 radical (unpaired) electrons. The predicted molar refractivity (Wildman–Crippen MR) is 74.9 cm³/mol. The predicted octanol–water partition coefficient (Wildman–Crippen LogP) is 3.16. The summed E-state index contributed by atoms with van der Waals surface area (Å²) in [5, 5.41) is 0. The second kappa shape index (κ2) is 5.83. The third kappa shape index (κ3) is 2.99. The normalized spacial score (nSPS) is 10.4. The first-order chi connectivity index (χ1) is 8.70. The van der Waals surface area contributed by atoms with E-state index in [1.807, 2.05) is 7.05 Å². The third-order valence-electron chi connectivity index (χ3n) is 2.77. The lowest BCUT2D eigenvalue weighted by Crippen LogP contribution is -2.19. The minimum absolute atomic E-state index is 0.425. The van der Waals surface area contributed by atoms with Gasteiger partial charge in [0.05, 0.1) is 5.88 Å². The number of aryl methyl sites for hydroxylation is 1. The number of alkyl halides is 1. The molecule has 0 aliphatic heterocycles. The number of benzene rings is 1. The Morgan fingerprint density at radius 2 is 2.17 bits per heavy atom. The Hall–Kier alpha value is -1.61. The molecule has 2 aromatic rings. The molecular weight excluding hydrogens is 246 g/mol. The van der Waals surface area contributed by atoms with Crippen molar-refractivity contribution in [2.24, 2.45) is 0 Å². The van der Waals surface area contributed by atoms with E-state index in [0.717, 1.165) is 17.9 Å². The molecule has 0 N–H and O–H groups in total. The lowest BCUT2D eigenvalue weighted by atomic mass is 10.1. The van der Waals surface area contributed by atoms with E-state index in [9.17, 15) is 0 Å². The molecule has 0 bridgehead atoms. The molecule has 0 saturated heterocycles. The van der Waals surface area contributed by atoms with E-state index >= 15 is 0 Å². The van der Waals surface area contributed by atoms with Gasteiger partial charge < -0.3 is 4.90 Å². The zero-order valence-corrected chi connectivity index (χ0v) is 11.4. The maximum atomic E-state index is 5.90. The van der Waals surface area contributed by atoms with Crippen LogP contribution < -0.4 is 4.90 Å². The number of halogens is 1. The zero-order valence-electron chi connectivity index (χ0n) is 10.6. The standard InChI is InChI=1S/C14H16ClN3/c1-11-4-3-5-12(6-11)9-18(2)14-13(7-15)8-16-10-17-14/h3-6,8,10H,7,9H2,1-2H3. The van der Waals surface area contributed by atoms with E-state index < -0.39 is 0 Å². The second-order valence-electron chi connectivity index (χ2n) is 4.35. The largest absolute Gasteiger partial charge is 0.355 e. The van der Waals surface area contributed by atoms with Crippen molar-refractivity contribution in [1.82, 2.24) is 9.97 Å². The van der Waals surface area contributed by atoms with Gasteiger partial charge in [0.2, 0.25) is 0 Å². The molecule has 94 valence electrons. The number of rotatable bonds is 4. The van der Waals surface area contributed by atoms with Crippen LogP contribution >= 0.6 is 11.6 Å². The van der Waals surface area contributed by atoms with Crippen molar-refractivity contribution in [3.8, 4) is 0 Å². The highest BCUT2D eigenvalue weighted by Crippen LogP contribution is 2.19. The quantitative estimate of drug-likeness (QED) is 0.792. The highest BCUT2D eigenvalue weighted by Gasteiger charge is 2.08. The molecule has 3 nitrogen and oxygen atoms in total. The van der Waals surface area contributed by atoms with Crippen molar-refractivity contribution in [1.29, 1.82) is 0 Å². The van der Waals surface area contributed by atoms with E-state index in [2.05, 4.69) is 46.1 Å². The Morgan fingerprint density at radius 3 is 2.89 bits per heavy atom. The molecule has 1 aromatic heterocycles. The Morgan fingerprint density at radius 1 is 1.33 bits per heavy atom. The summed E-state index contributed by atoms with van der Waals surface area (Å²) in [6, 6.07) is 8.46. The topological polar surface area (TPSA) is 29.0 Å². The summed E-state index contributed by atoms with van der Waals surface area (Å²) < 4.78 is 0. The van der Waals surface area contributed by atoms with Gasteiger partial charge in [-0.3, -0.25) is 0 Å². The molecule has 0 atom stereocenters. The van der Waals surface area contributed by atoms with Gasteiger partial charge in [0, 0.05) is 25.4 Å². The summed E-state index contributed by atoms with van der Waals surface area (Å²) >= 11 is 5.90. The van der Waals surface area contributed by atoms with Gasteiger partial charge in [-0.2, -0.15) is 0 Å². The van der Waals surface area contributed by atoms with Crippen molar-refractivity contribution >= 4 is 17.4 Å². The summed E-state index contributed by atoms with van der Waals surface area (Å²) in [6.45, 7) is 2.90. The van der Waals surface area contributed by atoms with Crippen molar-refractivity contribution in [3.05, 3.63) is 53.5 Å². The molecule has 0 amide bonds. The highest BCUT2D eigenvalue weighted by molar-refractivity contribution is 6.17. The summed E-state index contributed by atoms with van der Waals surface area (Å²) in [6.07, 6.45) is 3.32. The fourth-order valence-corrected chi connectivity index (χ4v) is 2.14. The van der Waals surface area contributed by atoms with Crippen LogP contribution in [0.5, 0.6) is 0 Å². The maximum absolute atomic E-state index is 5.90. The van der Waals surface area contributed by atoms with E-state index in [-0.39, 0.29) is 0 Å². The number of aromatic nitrogens is 2. The number of anilines is 1. The minimum Gasteiger partial charge on any atom is -0.355 e. The van der Waals surface area contributed by atoms with Crippen molar-refractivity contribution in [2.45, 2.75) is 19.3 Å². The SMILES string of the molecule is Cc1cccc(CN(C)c2ncncc2CCl)c1. The molecule has 4 heteroatoms. The van der Waals surface area contributed by atoms with Gasteiger partial charge in [0.15, 0.2) is 0 Å². The van der Waals surface area contributed by atoms with Crippen LogP contribution in [0, 0.1) is 6.92 Å². The van der Waals surface area contributed by atoms with E-state index in [1.165, 1.54) is 11.1 Å². The van der Waals surface area contributed by atoms with Gasteiger partial charge in [-0.05, 0) is 12.5 Å². The van der Waals surface area contributed by atoms with Gasteiger partial charge in [0.25, 0.3) is 0 Å². The fraction of sp³-hybridized carbons (Fsp3) is 0.286. The highest BCUT2D eigenvalue weighted by atomic mass is 35.5. The van der Waals surface area contributed by atoms with Gasteiger partial charge in [-0.1, -0.05) is 29.8 Å². The fourth-order valence-electron chi connectivity index (χ4n) is 1.95. The first-order valence-electron chi connectivity index (χ1n) is 5.82. The minimum atomic E-state index is 0.425. The van der Waals surface area contributed by atoms with Gasteiger partial charge in [-0.25, -0.2) is 9.97 Å². The van der Waals surface area contributed by atoms with Crippen LogP contribution in [0.2, 0.25) is 0 Å². The van der Waals surface area contributed by atoms with Crippen molar-refractivity contribution < 1.29 is 0 Å². The molecule has 18 heavy (non-hydrogen) atoms. The molecule has 1 heterocycles. The van der Waals surface area contributed by atoms with Gasteiger partial charge in [-0.15, -0.1) is 11.6 Å². The second-order valence-corrected chi connectivity index (χ2v) is 4.62. The Labute approximate surface area is 112 Å². The Kier molecular flexibility index (Phi) is 4.15. The zero-order chi connectivity index (χ0) is 13.0. The smallest absolute Gasteiger partial charge is 0.136 e. The summed E-state index contributed by atoms with van der Waals surface area (Å²) in [5.41, 5.74) is 3.48.